The quantitative estimate of drug-likeness (QED) is 0.734. The summed E-state index contributed by atoms with van der Waals surface area (Å²) in [6, 6.07) is 4.77. The molecule has 17 heavy (non-hydrogen) atoms. The summed E-state index contributed by atoms with van der Waals surface area (Å²) >= 11 is 0. The zero-order valence-electron chi connectivity index (χ0n) is 9.86. The van der Waals surface area contributed by atoms with Gasteiger partial charge in [-0.3, -0.25) is 4.79 Å². The Morgan fingerprint density at radius 3 is 2.71 bits per heavy atom. The van der Waals surface area contributed by atoms with Crippen LogP contribution in [-0.4, -0.2) is 29.3 Å². The van der Waals surface area contributed by atoms with E-state index in [0.29, 0.717) is 17.7 Å². The minimum absolute atomic E-state index is 0.0817. The number of hydrogen-bond acceptors (Lipinski definition) is 3. The number of amides is 1. The predicted octanol–water partition coefficient (Wildman–Crippen LogP) is 1.20. The van der Waals surface area contributed by atoms with Crippen LogP contribution in [0.2, 0.25) is 0 Å². The number of aryl methyl sites for hydroxylation is 1. The number of rotatable bonds is 4. The molecule has 1 saturated carbocycles. The molecule has 4 nitrogen and oxygen atoms in total. The highest BCUT2D eigenvalue weighted by atomic mass is 16.3. The third-order valence-corrected chi connectivity index (χ3v) is 3.38. The average molecular weight is 235 g/mol. The van der Waals surface area contributed by atoms with Crippen molar-refractivity contribution in [2.45, 2.75) is 19.8 Å². The maximum atomic E-state index is 11.8. The average Bonchev–Trinajstić information content (AvgIpc) is 3.10. The second-order valence-electron chi connectivity index (χ2n) is 4.84. The smallest absolute Gasteiger partial charge is 0.251 e. The summed E-state index contributed by atoms with van der Waals surface area (Å²) in [5.41, 5.74) is 1.14. The van der Waals surface area contributed by atoms with Crippen LogP contribution >= 0.6 is 0 Å². The molecule has 1 aliphatic carbocycles. The summed E-state index contributed by atoms with van der Waals surface area (Å²) in [6.07, 6.45) is 1.94. The van der Waals surface area contributed by atoms with Gasteiger partial charge in [-0.1, -0.05) is 0 Å². The van der Waals surface area contributed by atoms with Gasteiger partial charge in [0, 0.05) is 17.5 Å². The van der Waals surface area contributed by atoms with Crippen LogP contribution in [0, 0.1) is 12.3 Å². The van der Waals surface area contributed by atoms with Crippen molar-refractivity contribution in [1.29, 1.82) is 0 Å². The molecule has 0 spiro atoms. The van der Waals surface area contributed by atoms with Crippen LogP contribution in [0.25, 0.3) is 0 Å². The molecule has 2 rings (SSSR count). The molecular weight excluding hydrogens is 218 g/mol. The highest BCUT2D eigenvalue weighted by Gasteiger charge is 2.42. The summed E-state index contributed by atoms with van der Waals surface area (Å²) in [6.45, 7) is 2.40. The number of carbonyl (C=O) groups is 1. The van der Waals surface area contributed by atoms with E-state index in [1.807, 2.05) is 0 Å². The maximum absolute atomic E-state index is 11.8. The molecule has 0 heterocycles. The van der Waals surface area contributed by atoms with E-state index in [4.69, 9.17) is 5.11 Å². The Balaban J connectivity index is 1.97. The minimum atomic E-state index is -0.159. The molecule has 0 radical (unpaired) electrons. The molecule has 1 aromatic rings. The Labute approximate surface area is 100 Å². The molecular formula is C13H17NO3. The van der Waals surface area contributed by atoms with Crippen molar-refractivity contribution in [3.8, 4) is 5.75 Å². The SMILES string of the molecule is Cc1cc(C(=O)NCC2(CO)CC2)ccc1O. The molecule has 1 aromatic carbocycles. The number of hydrogen-bond donors (Lipinski definition) is 3. The van der Waals surface area contributed by atoms with Gasteiger partial charge in [0.25, 0.3) is 5.91 Å². The van der Waals surface area contributed by atoms with Crippen LogP contribution in [-0.2, 0) is 0 Å². The van der Waals surface area contributed by atoms with Crippen molar-refractivity contribution >= 4 is 5.91 Å². The monoisotopic (exact) mass is 235 g/mol. The topological polar surface area (TPSA) is 69.6 Å². The maximum Gasteiger partial charge on any atom is 0.251 e. The predicted molar refractivity (Wildman–Crippen MR) is 63.9 cm³/mol. The fourth-order valence-corrected chi connectivity index (χ4v) is 1.73. The van der Waals surface area contributed by atoms with Gasteiger partial charge < -0.3 is 15.5 Å². The number of aliphatic hydroxyl groups is 1. The van der Waals surface area contributed by atoms with Gasteiger partial charge in [-0.25, -0.2) is 0 Å². The van der Waals surface area contributed by atoms with E-state index in [-0.39, 0.29) is 23.7 Å². The first-order valence-corrected chi connectivity index (χ1v) is 5.75. The molecule has 1 amide bonds. The van der Waals surface area contributed by atoms with Crippen molar-refractivity contribution in [3.05, 3.63) is 29.3 Å². The highest BCUT2D eigenvalue weighted by Crippen LogP contribution is 2.44. The van der Waals surface area contributed by atoms with Gasteiger partial charge in [-0.05, 0) is 43.5 Å². The van der Waals surface area contributed by atoms with Gasteiger partial charge in [-0.15, -0.1) is 0 Å². The second kappa shape index (κ2) is 4.37. The Morgan fingerprint density at radius 1 is 1.47 bits per heavy atom. The Kier molecular flexibility index (Phi) is 3.07. The lowest BCUT2D eigenvalue weighted by molar-refractivity contribution is 0.0935. The number of phenolic OH excluding ortho intramolecular Hbond substituents is 1. The number of benzene rings is 1. The molecule has 0 aromatic heterocycles. The molecule has 0 unspecified atom stereocenters. The van der Waals surface area contributed by atoms with Gasteiger partial charge in [0.05, 0.1) is 6.61 Å². The molecule has 1 aliphatic rings. The Morgan fingerprint density at radius 2 is 2.18 bits per heavy atom. The van der Waals surface area contributed by atoms with Crippen LogP contribution in [0.15, 0.2) is 18.2 Å². The molecule has 4 heteroatoms. The van der Waals surface area contributed by atoms with Crippen molar-refractivity contribution in [2.75, 3.05) is 13.2 Å². The normalized spacial score (nSPS) is 16.6. The summed E-state index contributed by atoms with van der Waals surface area (Å²) in [5, 5.41) is 21.3. The van der Waals surface area contributed by atoms with Crippen LogP contribution in [0.1, 0.15) is 28.8 Å². The molecule has 92 valence electrons. The van der Waals surface area contributed by atoms with E-state index in [0.717, 1.165) is 12.8 Å². The van der Waals surface area contributed by atoms with E-state index in [9.17, 15) is 9.90 Å². The lowest BCUT2D eigenvalue weighted by Crippen LogP contribution is -2.31. The van der Waals surface area contributed by atoms with E-state index < -0.39 is 0 Å². The number of nitrogens with one attached hydrogen (secondary N) is 1. The zero-order chi connectivity index (χ0) is 12.5. The van der Waals surface area contributed by atoms with Crippen LogP contribution in [0.3, 0.4) is 0 Å². The summed E-state index contributed by atoms with van der Waals surface area (Å²) in [4.78, 5) is 11.8. The molecule has 0 saturated heterocycles. The first kappa shape index (κ1) is 11.9. The number of carbonyl (C=O) groups excluding carboxylic acids is 1. The molecule has 0 aliphatic heterocycles. The van der Waals surface area contributed by atoms with Crippen LogP contribution in [0.5, 0.6) is 5.75 Å². The summed E-state index contributed by atoms with van der Waals surface area (Å²) in [5.74, 6) is 0.0309. The van der Waals surface area contributed by atoms with Gasteiger partial charge in [0.15, 0.2) is 0 Å². The van der Waals surface area contributed by atoms with Crippen LogP contribution < -0.4 is 5.32 Å². The molecule has 1 fully saturated rings. The van der Waals surface area contributed by atoms with E-state index >= 15 is 0 Å². The van der Waals surface area contributed by atoms with Gasteiger partial charge in [0.2, 0.25) is 0 Å². The molecule has 0 atom stereocenters. The van der Waals surface area contributed by atoms with Gasteiger partial charge in [-0.2, -0.15) is 0 Å². The fourth-order valence-electron chi connectivity index (χ4n) is 1.73. The Bertz CT molecular complexity index is 438. The lowest BCUT2D eigenvalue weighted by Gasteiger charge is -2.13. The van der Waals surface area contributed by atoms with Gasteiger partial charge in [0.1, 0.15) is 5.75 Å². The van der Waals surface area contributed by atoms with Crippen LogP contribution in [0.4, 0.5) is 0 Å². The van der Waals surface area contributed by atoms with Crippen molar-refractivity contribution in [2.24, 2.45) is 5.41 Å². The molecule has 3 N–H and O–H groups in total. The number of aromatic hydroxyl groups is 1. The van der Waals surface area contributed by atoms with Crippen molar-refractivity contribution in [3.63, 3.8) is 0 Å². The first-order valence-electron chi connectivity index (χ1n) is 5.75. The number of phenols is 1. The second-order valence-corrected chi connectivity index (χ2v) is 4.84. The van der Waals surface area contributed by atoms with Crippen molar-refractivity contribution < 1.29 is 15.0 Å². The number of aliphatic hydroxyl groups excluding tert-OH is 1. The van der Waals surface area contributed by atoms with E-state index in [1.54, 1.807) is 19.1 Å². The first-order chi connectivity index (χ1) is 8.06. The molecule has 0 bridgehead atoms. The lowest BCUT2D eigenvalue weighted by atomic mass is 10.1. The zero-order valence-corrected chi connectivity index (χ0v) is 9.86. The van der Waals surface area contributed by atoms with Gasteiger partial charge >= 0.3 is 0 Å². The highest BCUT2D eigenvalue weighted by molar-refractivity contribution is 5.94. The fraction of sp³-hybridized carbons (Fsp3) is 0.462. The summed E-state index contributed by atoms with van der Waals surface area (Å²) < 4.78 is 0. The van der Waals surface area contributed by atoms with E-state index in [1.165, 1.54) is 6.07 Å². The van der Waals surface area contributed by atoms with E-state index in [2.05, 4.69) is 5.32 Å². The minimum Gasteiger partial charge on any atom is -0.508 e. The largest absolute Gasteiger partial charge is 0.508 e. The third-order valence-electron chi connectivity index (χ3n) is 3.38. The standard InChI is InChI=1S/C13H17NO3/c1-9-6-10(2-3-11(9)16)12(17)14-7-13(8-15)4-5-13/h2-3,6,15-16H,4-5,7-8H2,1H3,(H,14,17). The summed E-state index contributed by atoms with van der Waals surface area (Å²) in [7, 11) is 0. The van der Waals surface area contributed by atoms with Crippen molar-refractivity contribution in [1.82, 2.24) is 5.32 Å². The Hall–Kier alpha value is -1.55. The third kappa shape index (κ3) is 2.58.